The van der Waals surface area contributed by atoms with E-state index in [1.807, 2.05) is 18.5 Å². The van der Waals surface area contributed by atoms with Crippen molar-refractivity contribution in [2.45, 2.75) is 19.9 Å². The maximum Gasteiger partial charge on any atom is 0.233 e. The zero-order valence-corrected chi connectivity index (χ0v) is 15.8. The fourth-order valence-corrected chi connectivity index (χ4v) is 4.46. The van der Waals surface area contributed by atoms with Gasteiger partial charge in [-0.25, -0.2) is 0 Å². The van der Waals surface area contributed by atoms with Crippen LogP contribution in [0.25, 0.3) is 0 Å². The third-order valence-corrected chi connectivity index (χ3v) is 6.01. The van der Waals surface area contributed by atoms with Crippen molar-refractivity contribution in [3.63, 3.8) is 0 Å². The molecule has 1 saturated heterocycles. The topological polar surface area (TPSA) is 105 Å². The first-order valence-corrected chi connectivity index (χ1v) is 9.34. The molecule has 1 aromatic rings. The molecule has 0 spiro atoms. The van der Waals surface area contributed by atoms with Gasteiger partial charge in [-0.1, -0.05) is 12.2 Å². The van der Waals surface area contributed by atoms with Crippen molar-refractivity contribution in [1.29, 1.82) is 0 Å². The summed E-state index contributed by atoms with van der Waals surface area (Å²) < 4.78 is 1.91. The Labute approximate surface area is 157 Å². The Morgan fingerprint density at radius 3 is 2.41 bits per heavy atom. The van der Waals surface area contributed by atoms with Gasteiger partial charge in [0.1, 0.15) is 5.82 Å². The van der Waals surface area contributed by atoms with E-state index in [4.69, 9.17) is 0 Å². The lowest BCUT2D eigenvalue weighted by molar-refractivity contribution is -0.140. The molecule has 4 unspecified atom stereocenters. The highest BCUT2D eigenvalue weighted by Gasteiger charge is 2.58. The number of fused-ring (bicyclic) bond motifs is 5. The molecule has 1 aliphatic heterocycles. The maximum atomic E-state index is 12.7. The third-order valence-electron chi connectivity index (χ3n) is 6.01. The van der Waals surface area contributed by atoms with E-state index in [1.165, 1.54) is 4.90 Å². The summed E-state index contributed by atoms with van der Waals surface area (Å²) in [5.41, 5.74) is 0. The van der Waals surface area contributed by atoms with Crippen LogP contribution in [-0.2, 0) is 23.2 Å². The van der Waals surface area contributed by atoms with Crippen LogP contribution >= 0.6 is 0 Å². The van der Waals surface area contributed by atoms with Crippen LogP contribution in [0, 0.1) is 30.6 Å². The first kappa shape index (κ1) is 17.7. The number of likely N-dealkylation sites (tertiary alicyclic amines) is 1. The molecule has 2 aliphatic carbocycles. The minimum atomic E-state index is -0.135. The molecular formula is C18H25N7O2. The number of hydrogen-bond donors (Lipinski definition) is 2. The number of carbonyl (C=O) groups is 2. The molecule has 4 rings (SSSR count). The molecule has 2 amide bonds. The first-order valence-electron chi connectivity index (χ1n) is 9.34. The highest BCUT2D eigenvalue weighted by molar-refractivity contribution is 6.06. The molecule has 144 valence electrons. The van der Waals surface area contributed by atoms with E-state index in [-0.39, 0.29) is 35.5 Å². The summed E-state index contributed by atoms with van der Waals surface area (Å²) in [6.07, 6.45) is 5.18. The van der Waals surface area contributed by atoms with Crippen LogP contribution in [0.2, 0.25) is 0 Å². The number of nitrogens with zero attached hydrogens (tertiary/aromatic N) is 5. The Morgan fingerprint density at radius 1 is 1.19 bits per heavy atom. The smallest absolute Gasteiger partial charge is 0.233 e. The lowest BCUT2D eigenvalue weighted by Crippen LogP contribution is -2.43. The molecule has 27 heavy (non-hydrogen) atoms. The Balaban J connectivity index is 1.28. The molecule has 1 aromatic heterocycles. The molecule has 1 saturated carbocycles. The summed E-state index contributed by atoms with van der Waals surface area (Å²) in [7, 11) is 3.59. The van der Waals surface area contributed by atoms with Crippen molar-refractivity contribution in [3.8, 4) is 0 Å². The number of nitrogens with one attached hydrogen (secondary N) is 2. The van der Waals surface area contributed by atoms with E-state index in [0.717, 1.165) is 18.1 Å². The maximum absolute atomic E-state index is 12.7. The molecule has 2 heterocycles. The SMILES string of the molecule is CN=C(NCCN1C(=O)C2C3C=CC(C3)C2C1=O)NCc1nnc(C)n1C. The average Bonchev–Trinajstić information content (AvgIpc) is 3.40. The number of aryl methyl sites for hydroxylation is 1. The van der Waals surface area contributed by atoms with Crippen molar-refractivity contribution >= 4 is 17.8 Å². The van der Waals surface area contributed by atoms with Crippen molar-refractivity contribution in [3.05, 3.63) is 23.8 Å². The summed E-state index contributed by atoms with van der Waals surface area (Å²) in [6.45, 7) is 3.19. The number of rotatable bonds is 5. The van der Waals surface area contributed by atoms with Crippen molar-refractivity contribution in [1.82, 2.24) is 30.3 Å². The largest absolute Gasteiger partial charge is 0.355 e. The normalized spacial score (nSPS) is 29.0. The van der Waals surface area contributed by atoms with E-state index in [0.29, 0.717) is 25.6 Å². The molecule has 0 radical (unpaired) electrons. The minimum absolute atomic E-state index is 0.0128. The van der Waals surface area contributed by atoms with Crippen LogP contribution < -0.4 is 10.6 Å². The zero-order chi connectivity index (χ0) is 19.1. The first-order chi connectivity index (χ1) is 13.0. The van der Waals surface area contributed by atoms with E-state index >= 15 is 0 Å². The second-order valence-electron chi connectivity index (χ2n) is 7.40. The second-order valence-corrected chi connectivity index (χ2v) is 7.40. The molecule has 0 aromatic carbocycles. The number of hydrogen-bond acceptors (Lipinski definition) is 5. The molecular weight excluding hydrogens is 346 g/mol. The Kier molecular flexibility index (Phi) is 4.45. The number of aromatic nitrogens is 3. The van der Waals surface area contributed by atoms with Gasteiger partial charge >= 0.3 is 0 Å². The fourth-order valence-electron chi connectivity index (χ4n) is 4.46. The van der Waals surface area contributed by atoms with Gasteiger partial charge in [-0.3, -0.25) is 19.5 Å². The van der Waals surface area contributed by atoms with E-state index in [2.05, 4.69) is 38.0 Å². The Morgan fingerprint density at radius 2 is 1.85 bits per heavy atom. The number of allylic oxidation sites excluding steroid dienone is 2. The summed E-state index contributed by atoms with van der Waals surface area (Å²) >= 11 is 0. The Hall–Kier alpha value is -2.71. The number of aliphatic imine (C=N–C) groups is 1. The lowest BCUT2D eigenvalue weighted by Gasteiger charge is -2.18. The minimum Gasteiger partial charge on any atom is -0.355 e. The van der Waals surface area contributed by atoms with Crippen LogP contribution in [0.5, 0.6) is 0 Å². The molecule has 2 bridgehead atoms. The summed E-state index contributed by atoms with van der Waals surface area (Å²) in [4.78, 5) is 30.9. The van der Waals surface area contributed by atoms with Gasteiger partial charge in [0.2, 0.25) is 11.8 Å². The summed E-state index contributed by atoms with van der Waals surface area (Å²) in [6, 6.07) is 0. The van der Waals surface area contributed by atoms with Crippen LogP contribution in [0.15, 0.2) is 17.1 Å². The highest BCUT2D eigenvalue weighted by Crippen LogP contribution is 2.52. The van der Waals surface area contributed by atoms with Gasteiger partial charge in [0.05, 0.1) is 18.4 Å². The van der Waals surface area contributed by atoms with E-state index in [9.17, 15) is 9.59 Å². The van der Waals surface area contributed by atoms with Crippen molar-refractivity contribution in [2.24, 2.45) is 35.7 Å². The predicted molar refractivity (Wildman–Crippen MR) is 98.4 cm³/mol. The molecule has 4 atom stereocenters. The fraction of sp³-hybridized carbons (Fsp3) is 0.611. The van der Waals surface area contributed by atoms with Gasteiger partial charge < -0.3 is 15.2 Å². The van der Waals surface area contributed by atoms with Crippen LogP contribution in [0.1, 0.15) is 18.1 Å². The van der Waals surface area contributed by atoms with Gasteiger partial charge in [0.25, 0.3) is 0 Å². The lowest BCUT2D eigenvalue weighted by atomic mass is 9.85. The van der Waals surface area contributed by atoms with Gasteiger partial charge in [-0.15, -0.1) is 10.2 Å². The number of carbonyl (C=O) groups excluding carboxylic acids is 2. The van der Waals surface area contributed by atoms with Crippen LogP contribution in [0.3, 0.4) is 0 Å². The van der Waals surface area contributed by atoms with Crippen molar-refractivity contribution < 1.29 is 9.59 Å². The Bertz CT molecular complexity index is 798. The molecule has 9 nitrogen and oxygen atoms in total. The molecule has 3 aliphatic rings. The summed E-state index contributed by atoms with van der Waals surface area (Å²) in [5.74, 6) is 2.44. The van der Waals surface area contributed by atoms with Gasteiger partial charge in [-0.05, 0) is 25.2 Å². The van der Waals surface area contributed by atoms with Crippen molar-refractivity contribution in [2.75, 3.05) is 20.1 Å². The van der Waals surface area contributed by atoms with Gasteiger partial charge in [-0.2, -0.15) is 0 Å². The third kappa shape index (κ3) is 2.90. The number of imide groups is 1. The second kappa shape index (κ2) is 6.79. The van der Waals surface area contributed by atoms with E-state index < -0.39 is 0 Å². The van der Waals surface area contributed by atoms with Crippen LogP contribution in [0.4, 0.5) is 0 Å². The highest BCUT2D eigenvalue weighted by atomic mass is 16.2. The van der Waals surface area contributed by atoms with Gasteiger partial charge in [0, 0.05) is 27.2 Å². The summed E-state index contributed by atoms with van der Waals surface area (Å²) in [5, 5.41) is 14.4. The molecule has 9 heteroatoms. The monoisotopic (exact) mass is 371 g/mol. The molecule has 2 fully saturated rings. The van der Waals surface area contributed by atoms with E-state index in [1.54, 1.807) is 7.05 Å². The standard InChI is InChI=1S/C18H25N7O2/c1-10-22-23-13(24(10)3)9-21-18(19-2)20-6-7-25-16(26)14-11-4-5-12(8-11)15(14)17(25)27/h4-5,11-12,14-15H,6-9H2,1-3H3,(H2,19,20,21). The number of amides is 2. The van der Waals surface area contributed by atoms with Crippen LogP contribution in [-0.4, -0.2) is 57.6 Å². The molecule has 2 N–H and O–H groups in total. The quantitative estimate of drug-likeness (QED) is 0.316. The average molecular weight is 371 g/mol. The van der Waals surface area contributed by atoms with Gasteiger partial charge in [0.15, 0.2) is 11.8 Å². The predicted octanol–water partition coefficient (Wildman–Crippen LogP) is -0.404. The zero-order valence-electron chi connectivity index (χ0n) is 15.8. The number of guanidine groups is 1.